The molecule has 2 aliphatic rings. The topological polar surface area (TPSA) is 73.7 Å². The highest BCUT2D eigenvalue weighted by molar-refractivity contribution is 7.13. The lowest BCUT2D eigenvalue weighted by atomic mass is 9.95. The number of carboxylic acids is 1. The maximum Gasteiger partial charge on any atom is 0.308 e. The van der Waals surface area contributed by atoms with E-state index >= 15 is 0 Å². The van der Waals surface area contributed by atoms with Gasteiger partial charge in [0.15, 0.2) is 5.13 Å². The van der Waals surface area contributed by atoms with Gasteiger partial charge in [-0.3, -0.25) is 9.59 Å². The Bertz CT molecular complexity index is 566. The smallest absolute Gasteiger partial charge is 0.308 e. The SMILES string of the molecule is Cc1csc(N2CCC(C(=O)N3CC[C@H](C(=O)O)C3)CC2)n1. The van der Waals surface area contributed by atoms with Crippen LogP contribution in [-0.2, 0) is 9.59 Å². The minimum absolute atomic E-state index is 0.0323. The van der Waals surface area contributed by atoms with Gasteiger partial charge in [0, 0.05) is 37.5 Å². The second kappa shape index (κ2) is 6.24. The summed E-state index contributed by atoms with van der Waals surface area (Å²) < 4.78 is 0. The molecule has 6 nitrogen and oxygen atoms in total. The zero-order chi connectivity index (χ0) is 15.7. The van der Waals surface area contributed by atoms with Gasteiger partial charge in [0.1, 0.15) is 0 Å². The molecule has 0 aliphatic carbocycles. The van der Waals surface area contributed by atoms with Crippen LogP contribution >= 0.6 is 11.3 Å². The van der Waals surface area contributed by atoms with Crippen molar-refractivity contribution in [3.63, 3.8) is 0 Å². The van der Waals surface area contributed by atoms with Crippen LogP contribution in [0.4, 0.5) is 5.13 Å². The second-order valence-electron chi connectivity index (χ2n) is 6.14. The third-order valence-corrected chi connectivity index (χ3v) is 5.59. The van der Waals surface area contributed by atoms with Crippen LogP contribution in [0.1, 0.15) is 25.0 Å². The molecule has 0 saturated carbocycles. The number of piperidine rings is 1. The third-order valence-electron chi connectivity index (χ3n) is 4.57. The summed E-state index contributed by atoms with van der Waals surface area (Å²) in [4.78, 5) is 32.0. The zero-order valence-electron chi connectivity index (χ0n) is 12.7. The van der Waals surface area contributed by atoms with E-state index in [1.165, 1.54) is 0 Å². The maximum atomic E-state index is 12.5. The third kappa shape index (κ3) is 3.09. The van der Waals surface area contributed by atoms with Crippen molar-refractivity contribution in [3.8, 4) is 0 Å². The molecule has 0 bridgehead atoms. The number of nitrogens with zero attached hydrogens (tertiary/aromatic N) is 3. The van der Waals surface area contributed by atoms with E-state index in [1.54, 1.807) is 16.2 Å². The van der Waals surface area contributed by atoms with Crippen LogP contribution < -0.4 is 4.90 Å². The van der Waals surface area contributed by atoms with Crippen molar-refractivity contribution in [2.24, 2.45) is 11.8 Å². The number of aryl methyl sites for hydroxylation is 1. The van der Waals surface area contributed by atoms with E-state index in [-0.39, 0.29) is 17.7 Å². The number of aliphatic carboxylic acids is 1. The van der Waals surface area contributed by atoms with E-state index in [1.807, 2.05) is 12.3 Å². The van der Waals surface area contributed by atoms with E-state index < -0.39 is 5.97 Å². The van der Waals surface area contributed by atoms with Gasteiger partial charge in [-0.05, 0) is 26.2 Å². The largest absolute Gasteiger partial charge is 0.481 e. The first-order chi connectivity index (χ1) is 10.5. The zero-order valence-corrected chi connectivity index (χ0v) is 13.5. The molecule has 1 aromatic rings. The normalized spacial score (nSPS) is 23.0. The fourth-order valence-corrected chi connectivity index (χ4v) is 4.08. The van der Waals surface area contributed by atoms with Crippen LogP contribution in [0.3, 0.4) is 0 Å². The first kappa shape index (κ1) is 15.3. The average Bonchev–Trinajstić information content (AvgIpc) is 3.16. The van der Waals surface area contributed by atoms with Crippen molar-refractivity contribution in [2.75, 3.05) is 31.1 Å². The highest BCUT2D eigenvalue weighted by Gasteiger charge is 2.35. The predicted octanol–water partition coefficient (Wildman–Crippen LogP) is 1.60. The van der Waals surface area contributed by atoms with E-state index in [0.29, 0.717) is 19.5 Å². The van der Waals surface area contributed by atoms with Gasteiger partial charge in [-0.15, -0.1) is 11.3 Å². The Morgan fingerprint density at radius 3 is 2.45 bits per heavy atom. The molecular weight excluding hydrogens is 302 g/mol. The van der Waals surface area contributed by atoms with Crippen LogP contribution in [0.2, 0.25) is 0 Å². The Kier molecular flexibility index (Phi) is 4.33. The molecule has 1 N–H and O–H groups in total. The van der Waals surface area contributed by atoms with E-state index in [2.05, 4.69) is 9.88 Å². The van der Waals surface area contributed by atoms with Crippen molar-refractivity contribution >= 4 is 28.3 Å². The van der Waals surface area contributed by atoms with Crippen LogP contribution in [0.15, 0.2) is 5.38 Å². The minimum Gasteiger partial charge on any atom is -0.481 e. The van der Waals surface area contributed by atoms with Crippen LogP contribution in [0.25, 0.3) is 0 Å². The molecule has 22 heavy (non-hydrogen) atoms. The summed E-state index contributed by atoms with van der Waals surface area (Å²) in [5.74, 6) is -1.00. The summed E-state index contributed by atoms with van der Waals surface area (Å²) in [6.07, 6.45) is 2.23. The van der Waals surface area contributed by atoms with Gasteiger partial charge >= 0.3 is 5.97 Å². The average molecular weight is 323 g/mol. The fraction of sp³-hybridized carbons (Fsp3) is 0.667. The van der Waals surface area contributed by atoms with Gasteiger partial charge in [-0.25, -0.2) is 4.98 Å². The lowest BCUT2D eigenvalue weighted by Crippen LogP contribution is -2.42. The van der Waals surface area contributed by atoms with Gasteiger partial charge in [-0.1, -0.05) is 0 Å². The van der Waals surface area contributed by atoms with Gasteiger partial charge < -0.3 is 14.9 Å². The second-order valence-corrected chi connectivity index (χ2v) is 6.98. The molecule has 0 unspecified atom stereocenters. The van der Waals surface area contributed by atoms with Crippen molar-refractivity contribution < 1.29 is 14.7 Å². The molecule has 3 rings (SSSR count). The number of carbonyl (C=O) groups is 2. The van der Waals surface area contributed by atoms with Gasteiger partial charge in [0.25, 0.3) is 0 Å². The van der Waals surface area contributed by atoms with Crippen molar-refractivity contribution in [3.05, 3.63) is 11.1 Å². The number of hydrogen-bond acceptors (Lipinski definition) is 5. The molecule has 0 aromatic carbocycles. The molecule has 120 valence electrons. The minimum atomic E-state index is -0.788. The van der Waals surface area contributed by atoms with Crippen molar-refractivity contribution in [2.45, 2.75) is 26.2 Å². The summed E-state index contributed by atoms with van der Waals surface area (Å²) in [6.45, 7) is 4.64. The number of amides is 1. The van der Waals surface area contributed by atoms with E-state index in [0.717, 1.165) is 36.8 Å². The van der Waals surface area contributed by atoms with Gasteiger partial charge in [0.2, 0.25) is 5.91 Å². The lowest BCUT2D eigenvalue weighted by Gasteiger charge is -2.33. The van der Waals surface area contributed by atoms with E-state index in [4.69, 9.17) is 5.11 Å². The van der Waals surface area contributed by atoms with Gasteiger partial charge in [0.05, 0.1) is 11.6 Å². The molecule has 2 fully saturated rings. The molecule has 0 radical (unpaired) electrons. The van der Waals surface area contributed by atoms with Crippen LogP contribution in [0.5, 0.6) is 0 Å². The number of aromatic nitrogens is 1. The number of hydrogen-bond donors (Lipinski definition) is 1. The Morgan fingerprint density at radius 1 is 1.23 bits per heavy atom. The summed E-state index contributed by atoms with van der Waals surface area (Å²) in [5, 5.41) is 12.1. The molecule has 1 amide bonds. The summed E-state index contributed by atoms with van der Waals surface area (Å²) >= 11 is 1.65. The molecule has 1 atom stereocenters. The lowest BCUT2D eigenvalue weighted by molar-refractivity contribution is -0.141. The highest BCUT2D eigenvalue weighted by Crippen LogP contribution is 2.28. The number of thiazole rings is 1. The van der Waals surface area contributed by atoms with Crippen molar-refractivity contribution in [1.82, 2.24) is 9.88 Å². The standard InChI is InChI=1S/C15H21N3O3S/c1-10-9-22-15(16-10)17-5-2-11(3-6-17)13(19)18-7-4-12(8-18)14(20)21/h9,11-12H,2-8H2,1H3,(H,20,21)/t12-/m0/s1. The molecule has 1 aromatic heterocycles. The number of carbonyl (C=O) groups excluding carboxylic acids is 1. The molecule has 3 heterocycles. The number of likely N-dealkylation sites (tertiary alicyclic amines) is 1. The van der Waals surface area contributed by atoms with Crippen molar-refractivity contribution in [1.29, 1.82) is 0 Å². The molecule has 0 spiro atoms. The first-order valence-corrected chi connectivity index (χ1v) is 8.61. The first-order valence-electron chi connectivity index (χ1n) is 7.73. The molecule has 2 saturated heterocycles. The van der Waals surface area contributed by atoms with Crippen LogP contribution in [0, 0.1) is 18.8 Å². The number of carboxylic acid groups (broad SMARTS) is 1. The Morgan fingerprint density at radius 2 is 1.91 bits per heavy atom. The molecule has 2 aliphatic heterocycles. The quantitative estimate of drug-likeness (QED) is 0.914. The van der Waals surface area contributed by atoms with E-state index in [9.17, 15) is 9.59 Å². The number of anilines is 1. The molecule has 7 heteroatoms. The fourth-order valence-electron chi connectivity index (χ4n) is 3.22. The van der Waals surface area contributed by atoms with Gasteiger partial charge in [-0.2, -0.15) is 0 Å². The molecular formula is C15H21N3O3S. The Labute approximate surface area is 133 Å². The summed E-state index contributed by atoms with van der Waals surface area (Å²) in [7, 11) is 0. The monoisotopic (exact) mass is 323 g/mol. The highest BCUT2D eigenvalue weighted by atomic mass is 32.1. The Hall–Kier alpha value is -1.63. The predicted molar refractivity (Wildman–Crippen MR) is 84.1 cm³/mol. The number of rotatable bonds is 3. The maximum absolute atomic E-state index is 12.5. The summed E-state index contributed by atoms with van der Waals surface area (Å²) in [6, 6.07) is 0. The Balaban J connectivity index is 1.53. The van der Waals surface area contributed by atoms with Crippen LogP contribution in [-0.4, -0.2) is 53.0 Å². The summed E-state index contributed by atoms with van der Waals surface area (Å²) in [5.41, 5.74) is 1.04.